The summed E-state index contributed by atoms with van der Waals surface area (Å²) >= 11 is 0. The van der Waals surface area contributed by atoms with E-state index in [0.717, 1.165) is 0 Å². The molecule has 118 valence electrons. The third-order valence-electron chi connectivity index (χ3n) is 3.09. The van der Waals surface area contributed by atoms with Crippen molar-refractivity contribution in [2.75, 3.05) is 7.11 Å². The number of carbonyl (C=O) groups is 2. The summed E-state index contributed by atoms with van der Waals surface area (Å²) in [7, 11) is 1.29. The van der Waals surface area contributed by atoms with Crippen molar-refractivity contribution in [2.24, 2.45) is 10.2 Å². The number of aryl methyl sites for hydroxylation is 1. The topological polar surface area (TPSA) is 109 Å². The summed E-state index contributed by atoms with van der Waals surface area (Å²) in [5.41, 5.74) is 1.33. The second-order valence-electron chi connectivity index (χ2n) is 4.70. The largest absolute Gasteiger partial charge is 0.507 e. The van der Waals surface area contributed by atoms with E-state index in [1.165, 1.54) is 19.2 Å². The van der Waals surface area contributed by atoms with E-state index in [1.807, 2.05) is 0 Å². The number of benzene rings is 2. The molecule has 7 heteroatoms. The van der Waals surface area contributed by atoms with Crippen molar-refractivity contribution >= 4 is 23.3 Å². The number of aromatic carboxylic acids is 1. The number of aromatic hydroxyl groups is 1. The van der Waals surface area contributed by atoms with Gasteiger partial charge in [0.05, 0.1) is 24.0 Å². The van der Waals surface area contributed by atoms with E-state index in [4.69, 9.17) is 5.11 Å². The molecule has 2 N–H and O–H groups in total. The fourth-order valence-electron chi connectivity index (χ4n) is 1.88. The van der Waals surface area contributed by atoms with Gasteiger partial charge in [0, 0.05) is 0 Å². The Balaban J connectivity index is 2.26. The Morgan fingerprint density at radius 1 is 1.04 bits per heavy atom. The van der Waals surface area contributed by atoms with Crippen molar-refractivity contribution < 1.29 is 24.5 Å². The third-order valence-corrected chi connectivity index (χ3v) is 3.09. The van der Waals surface area contributed by atoms with Gasteiger partial charge in [0.1, 0.15) is 11.3 Å². The molecule has 0 atom stereocenters. The summed E-state index contributed by atoms with van der Waals surface area (Å²) in [4.78, 5) is 22.4. The Hall–Kier alpha value is -3.22. The van der Waals surface area contributed by atoms with Gasteiger partial charge in [0.25, 0.3) is 0 Å². The number of hydrogen-bond donors (Lipinski definition) is 2. The molecule has 0 radical (unpaired) electrons. The fourth-order valence-corrected chi connectivity index (χ4v) is 1.88. The van der Waals surface area contributed by atoms with Crippen molar-refractivity contribution in [2.45, 2.75) is 6.92 Å². The first kappa shape index (κ1) is 16.2. The first-order valence-corrected chi connectivity index (χ1v) is 6.59. The van der Waals surface area contributed by atoms with Crippen LogP contribution in [0, 0.1) is 6.92 Å². The second-order valence-corrected chi connectivity index (χ2v) is 4.70. The standard InChI is InChI=1S/C16H14N2O5/c1-9-7-12(8-13(14(9)19)15(20)21)18-17-11-5-3-10(4-6-11)16(22)23-2/h3-8,19H,1-2H3,(H,20,21). The number of ether oxygens (including phenoxy) is 1. The van der Waals surface area contributed by atoms with Crippen LogP contribution in [0.2, 0.25) is 0 Å². The van der Waals surface area contributed by atoms with Gasteiger partial charge in [-0.25, -0.2) is 9.59 Å². The van der Waals surface area contributed by atoms with E-state index >= 15 is 0 Å². The molecule has 2 aromatic rings. The first-order valence-electron chi connectivity index (χ1n) is 6.59. The normalized spacial score (nSPS) is 10.7. The Morgan fingerprint density at radius 2 is 1.65 bits per heavy atom. The van der Waals surface area contributed by atoms with Gasteiger partial charge in [-0.15, -0.1) is 0 Å². The average Bonchev–Trinajstić information content (AvgIpc) is 2.55. The summed E-state index contributed by atoms with van der Waals surface area (Å²) in [5, 5.41) is 26.6. The minimum Gasteiger partial charge on any atom is -0.507 e. The predicted octanol–water partition coefficient (Wildman–Crippen LogP) is 3.60. The number of phenols is 1. The highest BCUT2D eigenvalue weighted by molar-refractivity contribution is 5.92. The number of hydrogen-bond acceptors (Lipinski definition) is 6. The maximum atomic E-state index is 11.3. The quantitative estimate of drug-likeness (QED) is 0.662. The number of carbonyl (C=O) groups excluding carboxylic acids is 1. The van der Waals surface area contributed by atoms with Gasteiger partial charge in [-0.3, -0.25) is 0 Å². The minimum absolute atomic E-state index is 0.236. The lowest BCUT2D eigenvalue weighted by molar-refractivity contribution is 0.0599. The van der Waals surface area contributed by atoms with Crippen LogP contribution in [0.25, 0.3) is 0 Å². The molecule has 0 unspecified atom stereocenters. The Bertz CT molecular complexity index is 782. The second kappa shape index (κ2) is 6.69. The van der Waals surface area contributed by atoms with Crippen molar-refractivity contribution in [1.29, 1.82) is 0 Å². The molecule has 2 aromatic carbocycles. The molecule has 0 aromatic heterocycles. The van der Waals surface area contributed by atoms with E-state index < -0.39 is 11.9 Å². The van der Waals surface area contributed by atoms with Gasteiger partial charge in [0.15, 0.2) is 0 Å². The van der Waals surface area contributed by atoms with Gasteiger partial charge in [-0.05, 0) is 48.9 Å². The number of methoxy groups -OCH3 is 1. The molecule has 2 rings (SSSR count). The Kier molecular flexibility index (Phi) is 4.70. The van der Waals surface area contributed by atoms with Gasteiger partial charge < -0.3 is 14.9 Å². The lowest BCUT2D eigenvalue weighted by Gasteiger charge is -2.04. The van der Waals surface area contributed by atoms with Crippen LogP contribution in [-0.4, -0.2) is 29.3 Å². The van der Waals surface area contributed by atoms with Gasteiger partial charge in [-0.2, -0.15) is 10.2 Å². The van der Waals surface area contributed by atoms with Crippen molar-refractivity contribution in [1.82, 2.24) is 0 Å². The molecule has 0 heterocycles. The van der Waals surface area contributed by atoms with E-state index in [0.29, 0.717) is 22.5 Å². The molecule has 7 nitrogen and oxygen atoms in total. The summed E-state index contributed by atoms with van der Waals surface area (Å²) in [6, 6.07) is 9.02. The lowest BCUT2D eigenvalue weighted by Crippen LogP contribution is -1.99. The maximum absolute atomic E-state index is 11.3. The maximum Gasteiger partial charge on any atom is 0.339 e. The van der Waals surface area contributed by atoms with Gasteiger partial charge in [0.2, 0.25) is 0 Å². The molecule has 0 aliphatic rings. The summed E-state index contributed by atoms with van der Waals surface area (Å²) in [5.74, 6) is -1.99. The monoisotopic (exact) mass is 314 g/mol. The van der Waals surface area contributed by atoms with Crippen LogP contribution in [0.1, 0.15) is 26.3 Å². The van der Waals surface area contributed by atoms with Crippen LogP contribution in [0.3, 0.4) is 0 Å². The third kappa shape index (κ3) is 3.70. The Labute approximate surface area is 131 Å². The number of esters is 1. The lowest BCUT2D eigenvalue weighted by atomic mass is 10.1. The highest BCUT2D eigenvalue weighted by Crippen LogP contribution is 2.29. The van der Waals surface area contributed by atoms with Gasteiger partial charge in [-0.1, -0.05) is 0 Å². The molecule has 23 heavy (non-hydrogen) atoms. The number of carboxylic acids is 1. The molecule has 0 spiro atoms. The zero-order chi connectivity index (χ0) is 17.0. The smallest absolute Gasteiger partial charge is 0.339 e. The average molecular weight is 314 g/mol. The zero-order valence-electron chi connectivity index (χ0n) is 12.5. The van der Waals surface area contributed by atoms with E-state index in [2.05, 4.69) is 15.0 Å². The molecule has 0 aliphatic carbocycles. The van der Waals surface area contributed by atoms with Crippen molar-refractivity contribution in [3.05, 3.63) is 53.1 Å². The molecule has 0 amide bonds. The molecule has 0 bridgehead atoms. The van der Waals surface area contributed by atoms with Crippen LogP contribution >= 0.6 is 0 Å². The van der Waals surface area contributed by atoms with E-state index in [1.54, 1.807) is 31.2 Å². The highest BCUT2D eigenvalue weighted by Gasteiger charge is 2.13. The summed E-state index contributed by atoms with van der Waals surface area (Å²) < 4.78 is 4.59. The summed E-state index contributed by atoms with van der Waals surface area (Å²) in [6.07, 6.45) is 0. The molecule has 0 saturated heterocycles. The Morgan fingerprint density at radius 3 is 2.22 bits per heavy atom. The fraction of sp³-hybridized carbons (Fsp3) is 0.125. The van der Waals surface area contributed by atoms with Crippen molar-refractivity contribution in [3.63, 3.8) is 0 Å². The van der Waals surface area contributed by atoms with Gasteiger partial charge >= 0.3 is 11.9 Å². The zero-order valence-corrected chi connectivity index (χ0v) is 12.5. The van der Waals surface area contributed by atoms with E-state index in [9.17, 15) is 14.7 Å². The number of carboxylic acid groups (broad SMARTS) is 1. The molecule has 0 saturated carbocycles. The number of nitrogens with zero attached hydrogens (tertiary/aromatic N) is 2. The molecular formula is C16H14N2O5. The SMILES string of the molecule is COC(=O)c1ccc(N=Nc2cc(C)c(O)c(C(=O)O)c2)cc1. The molecule has 0 fully saturated rings. The number of azo groups is 1. The van der Waals surface area contributed by atoms with Crippen LogP contribution in [0.5, 0.6) is 5.75 Å². The number of rotatable bonds is 4. The van der Waals surface area contributed by atoms with Crippen LogP contribution in [-0.2, 0) is 4.74 Å². The highest BCUT2D eigenvalue weighted by atomic mass is 16.5. The van der Waals surface area contributed by atoms with Crippen LogP contribution in [0.4, 0.5) is 11.4 Å². The van der Waals surface area contributed by atoms with Crippen molar-refractivity contribution in [3.8, 4) is 5.75 Å². The first-order chi connectivity index (χ1) is 10.9. The van der Waals surface area contributed by atoms with E-state index in [-0.39, 0.29) is 11.3 Å². The minimum atomic E-state index is -1.25. The molecular weight excluding hydrogens is 300 g/mol. The van der Waals surface area contributed by atoms with Crippen LogP contribution < -0.4 is 0 Å². The molecule has 0 aliphatic heterocycles. The van der Waals surface area contributed by atoms with Crippen LogP contribution in [0.15, 0.2) is 46.6 Å². The summed E-state index contributed by atoms with van der Waals surface area (Å²) in [6.45, 7) is 1.58. The predicted molar refractivity (Wildman–Crippen MR) is 81.8 cm³/mol.